The summed E-state index contributed by atoms with van der Waals surface area (Å²) < 4.78 is 3.47. The van der Waals surface area contributed by atoms with E-state index in [2.05, 4.69) is 45.1 Å². The predicted octanol–water partition coefficient (Wildman–Crippen LogP) is 2.57. The molecule has 1 fully saturated rings. The van der Waals surface area contributed by atoms with Crippen molar-refractivity contribution < 1.29 is 4.79 Å². The van der Waals surface area contributed by atoms with Gasteiger partial charge >= 0.3 is 0 Å². The fourth-order valence-corrected chi connectivity index (χ4v) is 4.37. The molecule has 174 valence electrons. The number of likely N-dealkylation sites (N-methyl/N-ethyl adjacent to an activating group) is 1. The maximum Gasteiger partial charge on any atom is 0.244 e. The van der Waals surface area contributed by atoms with Crippen LogP contribution in [0.1, 0.15) is 6.92 Å². The molecule has 1 aliphatic heterocycles. The molecular weight excluding hydrogens is 428 g/mol. The molecule has 0 saturated carbocycles. The van der Waals surface area contributed by atoms with E-state index in [9.17, 15) is 4.79 Å². The van der Waals surface area contributed by atoms with Crippen molar-refractivity contribution in [3.8, 4) is 33.6 Å². The Labute approximate surface area is 198 Å². The van der Waals surface area contributed by atoms with Crippen LogP contribution in [-0.2, 0) is 18.4 Å². The molecule has 1 aliphatic rings. The normalized spacial score (nSPS) is 16.7. The first-order valence-corrected chi connectivity index (χ1v) is 11.4. The number of amides is 1. The van der Waals surface area contributed by atoms with E-state index in [1.807, 2.05) is 48.7 Å². The summed E-state index contributed by atoms with van der Waals surface area (Å²) in [6, 6.07) is 8.32. The molecule has 0 aliphatic carbocycles. The number of piperazine rings is 1. The molecule has 0 spiro atoms. The fourth-order valence-electron chi connectivity index (χ4n) is 4.37. The van der Waals surface area contributed by atoms with Gasteiger partial charge in [0.25, 0.3) is 0 Å². The van der Waals surface area contributed by atoms with Crippen LogP contribution in [0.5, 0.6) is 0 Å². The fraction of sp³-hybridized carbons (Fsp3) is 0.320. The topological polar surface area (TPSA) is 85.0 Å². The minimum Gasteiger partial charge on any atom is -0.336 e. The average Bonchev–Trinajstić information content (AvgIpc) is 3.48. The molecule has 34 heavy (non-hydrogen) atoms. The lowest BCUT2D eigenvalue weighted by Gasteiger charge is -2.38. The van der Waals surface area contributed by atoms with Crippen LogP contribution >= 0.6 is 0 Å². The lowest BCUT2D eigenvalue weighted by atomic mass is 10.1. The van der Waals surface area contributed by atoms with E-state index in [1.54, 1.807) is 28.0 Å². The highest BCUT2D eigenvalue weighted by molar-refractivity contribution is 5.76. The van der Waals surface area contributed by atoms with Crippen LogP contribution in [-0.4, -0.2) is 78.0 Å². The standard InChI is InChI=1S/C25H28N8O/c1-18-14-30(2)7-8-33(18)24(34)17-32-16-23(13-29-32)21-10-26-25(27-11-21)20-6-4-5-19(9-20)22-12-28-31(3)15-22/h4-6,9-13,15-16,18H,7-8,14,17H2,1-3H3/t18-/m1/s1. The van der Waals surface area contributed by atoms with Crippen molar-refractivity contribution in [3.05, 3.63) is 61.4 Å². The van der Waals surface area contributed by atoms with Crippen molar-refractivity contribution in [2.24, 2.45) is 7.05 Å². The molecule has 9 heteroatoms. The van der Waals surface area contributed by atoms with Crippen LogP contribution in [0.2, 0.25) is 0 Å². The summed E-state index contributed by atoms with van der Waals surface area (Å²) >= 11 is 0. The van der Waals surface area contributed by atoms with Crippen LogP contribution in [0, 0.1) is 0 Å². The second kappa shape index (κ2) is 9.18. The van der Waals surface area contributed by atoms with Gasteiger partial charge in [-0.05, 0) is 25.6 Å². The summed E-state index contributed by atoms with van der Waals surface area (Å²) in [4.78, 5) is 26.1. The van der Waals surface area contributed by atoms with Crippen molar-refractivity contribution in [1.82, 2.24) is 39.3 Å². The van der Waals surface area contributed by atoms with Gasteiger partial charge in [-0.25, -0.2) is 9.97 Å². The van der Waals surface area contributed by atoms with Crippen LogP contribution in [0.4, 0.5) is 0 Å². The van der Waals surface area contributed by atoms with Crippen LogP contribution < -0.4 is 0 Å². The summed E-state index contributed by atoms with van der Waals surface area (Å²) in [7, 11) is 3.99. The van der Waals surface area contributed by atoms with E-state index in [0.717, 1.165) is 47.5 Å². The monoisotopic (exact) mass is 456 g/mol. The maximum atomic E-state index is 12.8. The SMILES string of the molecule is C[C@@H]1CN(C)CCN1C(=O)Cn1cc(-c2cnc(-c3cccc(-c4cnn(C)c4)c3)nc2)cn1. The van der Waals surface area contributed by atoms with Crippen LogP contribution in [0.15, 0.2) is 61.4 Å². The zero-order valence-electron chi connectivity index (χ0n) is 19.7. The number of carbonyl (C=O) groups is 1. The summed E-state index contributed by atoms with van der Waals surface area (Å²) in [6.45, 7) is 4.86. The zero-order valence-corrected chi connectivity index (χ0v) is 19.7. The molecular formula is C25H28N8O. The van der Waals surface area contributed by atoms with Crippen molar-refractivity contribution in [2.75, 3.05) is 26.7 Å². The summed E-state index contributed by atoms with van der Waals surface area (Å²) in [6.07, 6.45) is 11.0. The van der Waals surface area contributed by atoms with Gasteiger partial charge in [0.05, 0.1) is 12.4 Å². The van der Waals surface area contributed by atoms with Crippen molar-refractivity contribution in [2.45, 2.75) is 19.5 Å². The third-order valence-corrected chi connectivity index (χ3v) is 6.23. The highest BCUT2D eigenvalue weighted by Crippen LogP contribution is 2.25. The molecule has 1 amide bonds. The Morgan fingerprint density at radius 1 is 0.912 bits per heavy atom. The molecule has 1 atom stereocenters. The first-order chi connectivity index (χ1) is 16.5. The number of nitrogens with zero attached hydrogens (tertiary/aromatic N) is 8. The molecule has 3 aromatic heterocycles. The Hall–Kier alpha value is -3.85. The van der Waals surface area contributed by atoms with Gasteiger partial charge in [-0.1, -0.05) is 18.2 Å². The second-order valence-corrected chi connectivity index (χ2v) is 8.90. The Bertz CT molecular complexity index is 1290. The van der Waals surface area contributed by atoms with Crippen molar-refractivity contribution >= 4 is 5.91 Å². The molecule has 5 rings (SSSR count). The first-order valence-electron chi connectivity index (χ1n) is 11.4. The Morgan fingerprint density at radius 2 is 1.65 bits per heavy atom. The van der Waals surface area contributed by atoms with E-state index in [0.29, 0.717) is 5.82 Å². The highest BCUT2D eigenvalue weighted by Gasteiger charge is 2.25. The van der Waals surface area contributed by atoms with Gasteiger partial charge < -0.3 is 9.80 Å². The summed E-state index contributed by atoms with van der Waals surface area (Å²) in [5.41, 5.74) is 4.80. The quantitative estimate of drug-likeness (QED) is 0.459. The number of carbonyl (C=O) groups excluding carboxylic acids is 1. The molecule has 0 bridgehead atoms. The largest absolute Gasteiger partial charge is 0.336 e. The molecule has 4 aromatic rings. The third-order valence-electron chi connectivity index (χ3n) is 6.23. The molecule has 0 unspecified atom stereocenters. The minimum absolute atomic E-state index is 0.0929. The number of hydrogen-bond acceptors (Lipinski definition) is 6. The first kappa shape index (κ1) is 22.0. The number of aryl methyl sites for hydroxylation is 1. The second-order valence-electron chi connectivity index (χ2n) is 8.90. The van der Waals surface area contributed by atoms with Gasteiger partial charge in [-0.15, -0.1) is 0 Å². The predicted molar refractivity (Wildman–Crippen MR) is 130 cm³/mol. The van der Waals surface area contributed by atoms with Crippen molar-refractivity contribution in [3.63, 3.8) is 0 Å². The maximum absolute atomic E-state index is 12.8. The summed E-state index contributed by atoms with van der Waals surface area (Å²) in [5.74, 6) is 0.747. The smallest absolute Gasteiger partial charge is 0.244 e. The van der Waals surface area contributed by atoms with Gasteiger partial charge in [-0.2, -0.15) is 10.2 Å². The molecule has 0 N–H and O–H groups in total. The van der Waals surface area contributed by atoms with Gasteiger partial charge in [0, 0.05) is 79.8 Å². The van der Waals surface area contributed by atoms with Crippen molar-refractivity contribution in [1.29, 1.82) is 0 Å². The van der Waals surface area contributed by atoms with Gasteiger partial charge in [0.1, 0.15) is 6.54 Å². The Balaban J connectivity index is 1.28. The summed E-state index contributed by atoms with van der Waals surface area (Å²) in [5, 5.41) is 8.64. The van der Waals surface area contributed by atoms with Crippen LogP contribution in [0.25, 0.3) is 33.6 Å². The molecule has 1 aromatic carbocycles. The molecule has 4 heterocycles. The van der Waals surface area contributed by atoms with E-state index in [1.165, 1.54) is 0 Å². The number of aromatic nitrogens is 6. The van der Waals surface area contributed by atoms with Gasteiger partial charge in [-0.3, -0.25) is 14.2 Å². The Morgan fingerprint density at radius 3 is 2.38 bits per heavy atom. The average molecular weight is 457 g/mol. The third kappa shape index (κ3) is 4.60. The van der Waals surface area contributed by atoms with Gasteiger partial charge in [0.2, 0.25) is 5.91 Å². The molecule has 1 saturated heterocycles. The number of rotatable bonds is 5. The zero-order chi connectivity index (χ0) is 23.7. The number of benzene rings is 1. The molecule has 9 nitrogen and oxygen atoms in total. The molecule has 0 radical (unpaired) electrons. The van der Waals surface area contributed by atoms with E-state index in [4.69, 9.17) is 0 Å². The lowest BCUT2D eigenvalue weighted by molar-refractivity contribution is -0.136. The highest BCUT2D eigenvalue weighted by atomic mass is 16.2. The minimum atomic E-state index is 0.0929. The van der Waals surface area contributed by atoms with E-state index < -0.39 is 0 Å². The number of hydrogen-bond donors (Lipinski definition) is 0. The lowest BCUT2D eigenvalue weighted by Crippen LogP contribution is -2.53. The van der Waals surface area contributed by atoms with Gasteiger partial charge in [0.15, 0.2) is 5.82 Å². The van der Waals surface area contributed by atoms with E-state index in [-0.39, 0.29) is 18.5 Å². The Kier molecular flexibility index (Phi) is 5.93. The van der Waals surface area contributed by atoms with E-state index >= 15 is 0 Å². The van der Waals surface area contributed by atoms with Crippen LogP contribution in [0.3, 0.4) is 0 Å².